The molecular weight excluding hydrogens is 318 g/mol. The number of hydrogen-bond acceptors (Lipinski definition) is 3. The van der Waals surface area contributed by atoms with E-state index < -0.39 is 0 Å². The topological polar surface area (TPSA) is 47.8 Å². The molecule has 0 unspecified atom stereocenters. The van der Waals surface area contributed by atoms with Gasteiger partial charge in [-0.3, -0.25) is 14.3 Å². The number of halogens is 1. The first kappa shape index (κ1) is 12.7. The average Bonchev–Trinajstić information content (AvgIpc) is 2.97. The molecule has 5 heteroatoms. The Hall–Kier alpha value is -2.27. The van der Waals surface area contributed by atoms with Gasteiger partial charge in [-0.15, -0.1) is 0 Å². The second-order valence-corrected chi connectivity index (χ2v) is 5.04. The van der Waals surface area contributed by atoms with E-state index in [-0.39, 0.29) is 0 Å². The molecule has 2 aromatic heterocycles. The zero-order valence-electron chi connectivity index (χ0n) is 10.4. The number of imidazole rings is 1. The summed E-state index contributed by atoms with van der Waals surface area (Å²) in [4.78, 5) is 19.3. The lowest BCUT2D eigenvalue weighted by molar-refractivity contribution is 0.112. The van der Waals surface area contributed by atoms with Crippen LogP contribution in [0, 0.1) is 0 Å². The van der Waals surface area contributed by atoms with Crippen molar-refractivity contribution in [3.63, 3.8) is 0 Å². The highest BCUT2D eigenvalue weighted by Gasteiger charge is 2.09. The van der Waals surface area contributed by atoms with Crippen LogP contribution in [-0.2, 0) is 0 Å². The summed E-state index contributed by atoms with van der Waals surface area (Å²) in [7, 11) is 0. The molecule has 0 atom stereocenters. The van der Waals surface area contributed by atoms with Crippen molar-refractivity contribution in [1.82, 2.24) is 14.5 Å². The maximum Gasteiger partial charge on any atom is 0.151 e. The van der Waals surface area contributed by atoms with Crippen LogP contribution in [0.3, 0.4) is 0 Å². The number of carbonyl (C=O) groups is 1. The van der Waals surface area contributed by atoms with E-state index in [9.17, 15) is 4.79 Å². The van der Waals surface area contributed by atoms with Gasteiger partial charge in [0.2, 0.25) is 0 Å². The molecule has 0 bridgehead atoms. The van der Waals surface area contributed by atoms with Crippen LogP contribution >= 0.6 is 15.9 Å². The van der Waals surface area contributed by atoms with Crippen LogP contribution in [0.15, 0.2) is 59.6 Å². The zero-order valence-corrected chi connectivity index (χ0v) is 12.0. The highest BCUT2D eigenvalue weighted by Crippen LogP contribution is 2.24. The minimum absolute atomic E-state index is 0.622. The summed E-state index contributed by atoms with van der Waals surface area (Å²) in [5.41, 5.74) is 2.49. The van der Waals surface area contributed by atoms with E-state index in [0.29, 0.717) is 5.56 Å². The molecule has 20 heavy (non-hydrogen) atoms. The molecule has 0 aliphatic rings. The molecule has 0 saturated carbocycles. The Morgan fingerprint density at radius 1 is 1.20 bits per heavy atom. The summed E-state index contributed by atoms with van der Waals surface area (Å²) in [5.74, 6) is 0.809. The smallest absolute Gasteiger partial charge is 0.151 e. The molecule has 4 nitrogen and oxygen atoms in total. The Labute approximate surface area is 124 Å². The molecule has 3 aromatic rings. The van der Waals surface area contributed by atoms with Gasteiger partial charge in [-0.1, -0.05) is 0 Å². The van der Waals surface area contributed by atoms with Crippen molar-refractivity contribution < 1.29 is 4.79 Å². The summed E-state index contributed by atoms with van der Waals surface area (Å²) in [6, 6.07) is 9.39. The molecule has 98 valence electrons. The number of carbonyl (C=O) groups excluding carboxylic acids is 1. The SMILES string of the molecule is O=Cc1ccc(-n2ccnc2-c2cccnc2)cc1Br. The second-order valence-electron chi connectivity index (χ2n) is 4.19. The molecule has 0 aliphatic carbocycles. The van der Waals surface area contributed by atoms with Crippen molar-refractivity contribution in [2.45, 2.75) is 0 Å². The zero-order chi connectivity index (χ0) is 13.9. The van der Waals surface area contributed by atoms with E-state index >= 15 is 0 Å². The third-order valence-corrected chi connectivity index (χ3v) is 3.64. The number of hydrogen-bond donors (Lipinski definition) is 0. The monoisotopic (exact) mass is 327 g/mol. The fourth-order valence-corrected chi connectivity index (χ4v) is 2.44. The highest BCUT2D eigenvalue weighted by molar-refractivity contribution is 9.10. The van der Waals surface area contributed by atoms with Crippen LogP contribution in [0.2, 0.25) is 0 Å². The third kappa shape index (κ3) is 2.28. The maximum absolute atomic E-state index is 10.9. The van der Waals surface area contributed by atoms with E-state index in [1.54, 1.807) is 24.7 Å². The Kier molecular flexibility index (Phi) is 3.43. The number of aromatic nitrogens is 3. The molecule has 0 spiro atoms. The van der Waals surface area contributed by atoms with Gasteiger partial charge in [0.15, 0.2) is 6.29 Å². The fourth-order valence-electron chi connectivity index (χ4n) is 1.98. The van der Waals surface area contributed by atoms with Crippen LogP contribution in [-0.4, -0.2) is 20.8 Å². The number of aldehydes is 1. The van der Waals surface area contributed by atoms with Gasteiger partial charge >= 0.3 is 0 Å². The van der Waals surface area contributed by atoms with E-state index in [1.165, 1.54) is 0 Å². The minimum atomic E-state index is 0.622. The molecular formula is C15H10BrN3O. The second kappa shape index (κ2) is 5.38. The predicted octanol–water partition coefficient (Wildman–Crippen LogP) is 3.51. The van der Waals surface area contributed by atoms with Crippen LogP contribution in [0.4, 0.5) is 0 Å². The lowest BCUT2D eigenvalue weighted by Gasteiger charge is -2.09. The van der Waals surface area contributed by atoms with Gasteiger partial charge in [0, 0.05) is 46.1 Å². The number of benzene rings is 1. The first-order chi connectivity index (χ1) is 9.79. The molecule has 2 heterocycles. The van der Waals surface area contributed by atoms with Gasteiger partial charge < -0.3 is 0 Å². The lowest BCUT2D eigenvalue weighted by atomic mass is 10.2. The van der Waals surface area contributed by atoms with Gasteiger partial charge in [0.25, 0.3) is 0 Å². The molecule has 0 aliphatic heterocycles. The van der Waals surface area contributed by atoms with E-state index in [1.807, 2.05) is 35.0 Å². The van der Waals surface area contributed by atoms with Crippen molar-refractivity contribution in [2.75, 3.05) is 0 Å². The molecule has 0 amide bonds. The van der Waals surface area contributed by atoms with Gasteiger partial charge in [-0.2, -0.15) is 0 Å². The maximum atomic E-state index is 10.9. The Morgan fingerprint density at radius 3 is 2.80 bits per heavy atom. The van der Waals surface area contributed by atoms with Crippen LogP contribution in [0.25, 0.3) is 17.1 Å². The standard InChI is InChI=1S/C15H10BrN3O/c16-14-8-13(4-3-12(14)10-20)19-7-6-18-15(19)11-2-1-5-17-9-11/h1-10H. The Balaban J connectivity index is 2.10. The summed E-state index contributed by atoms with van der Waals surface area (Å²) < 4.78 is 2.71. The van der Waals surface area contributed by atoms with Gasteiger partial charge in [0.05, 0.1) is 0 Å². The predicted molar refractivity (Wildman–Crippen MR) is 79.9 cm³/mol. The molecule has 3 rings (SSSR count). The Bertz CT molecular complexity index is 753. The van der Waals surface area contributed by atoms with Crippen molar-refractivity contribution in [3.05, 3.63) is 65.2 Å². The molecule has 0 fully saturated rings. The van der Waals surface area contributed by atoms with Crippen molar-refractivity contribution >= 4 is 22.2 Å². The summed E-state index contributed by atoms with van der Waals surface area (Å²) in [6.07, 6.45) is 7.94. The van der Waals surface area contributed by atoms with E-state index in [4.69, 9.17) is 0 Å². The molecule has 0 saturated heterocycles. The van der Waals surface area contributed by atoms with E-state index in [0.717, 1.165) is 27.8 Å². The average molecular weight is 328 g/mol. The largest absolute Gasteiger partial charge is 0.300 e. The first-order valence-electron chi connectivity index (χ1n) is 5.98. The number of nitrogens with zero attached hydrogens (tertiary/aromatic N) is 3. The van der Waals surface area contributed by atoms with Gasteiger partial charge in [0.1, 0.15) is 5.82 Å². The van der Waals surface area contributed by atoms with Crippen molar-refractivity contribution in [1.29, 1.82) is 0 Å². The van der Waals surface area contributed by atoms with Crippen LogP contribution in [0.5, 0.6) is 0 Å². The third-order valence-electron chi connectivity index (χ3n) is 2.95. The minimum Gasteiger partial charge on any atom is -0.300 e. The summed E-state index contributed by atoms with van der Waals surface area (Å²) in [6.45, 7) is 0. The van der Waals surface area contributed by atoms with Crippen molar-refractivity contribution in [2.24, 2.45) is 0 Å². The number of pyridine rings is 1. The normalized spacial score (nSPS) is 10.4. The Morgan fingerprint density at radius 2 is 2.10 bits per heavy atom. The number of rotatable bonds is 3. The molecule has 0 radical (unpaired) electrons. The van der Waals surface area contributed by atoms with Crippen LogP contribution in [0.1, 0.15) is 10.4 Å². The van der Waals surface area contributed by atoms with Gasteiger partial charge in [-0.25, -0.2) is 4.98 Å². The highest BCUT2D eigenvalue weighted by atomic mass is 79.9. The fraction of sp³-hybridized carbons (Fsp3) is 0. The molecule has 0 N–H and O–H groups in total. The van der Waals surface area contributed by atoms with E-state index in [2.05, 4.69) is 25.9 Å². The van der Waals surface area contributed by atoms with Crippen molar-refractivity contribution in [3.8, 4) is 17.1 Å². The first-order valence-corrected chi connectivity index (χ1v) is 6.78. The summed E-state index contributed by atoms with van der Waals surface area (Å²) in [5, 5.41) is 0. The molecule has 1 aromatic carbocycles. The lowest BCUT2D eigenvalue weighted by Crippen LogP contribution is -1.97. The summed E-state index contributed by atoms with van der Waals surface area (Å²) >= 11 is 3.40. The quantitative estimate of drug-likeness (QED) is 0.691. The van der Waals surface area contributed by atoms with Gasteiger partial charge in [-0.05, 0) is 46.3 Å². The van der Waals surface area contributed by atoms with Crippen LogP contribution < -0.4 is 0 Å².